The predicted octanol–water partition coefficient (Wildman–Crippen LogP) is 2.59. The van der Waals surface area contributed by atoms with Gasteiger partial charge in [0.15, 0.2) is 0 Å². The number of aryl methyl sites for hydroxylation is 1. The SMILES string of the molecule is CC(C)CCSC(c1cnn(C)c1)C(C)N. The van der Waals surface area contributed by atoms with Gasteiger partial charge in [0.2, 0.25) is 0 Å². The molecular formula is C12H23N3S. The van der Waals surface area contributed by atoms with Crippen LogP contribution in [0.4, 0.5) is 0 Å². The summed E-state index contributed by atoms with van der Waals surface area (Å²) in [4.78, 5) is 0. The second-order valence-corrected chi connectivity index (χ2v) is 6.03. The third-order valence-electron chi connectivity index (χ3n) is 2.52. The monoisotopic (exact) mass is 241 g/mol. The molecule has 0 spiro atoms. The van der Waals surface area contributed by atoms with Crippen LogP contribution < -0.4 is 5.73 Å². The summed E-state index contributed by atoms with van der Waals surface area (Å²) in [7, 11) is 1.94. The highest BCUT2D eigenvalue weighted by molar-refractivity contribution is 7.99. The Hall–Kier alpha value is -0.480. The molecule has 1 aromatic heterocycles. The van der Waals surface area contributed by atoms with Crippen molar-refractivity contribution in [3.8, 4) is 0 Å². The Bertz CT molecular complexity index is 307. The van der Waals surface area contributed by atoms with Crippen LogP contribution in [-0.2, 0) is 7.05 Å². The lowest BCUT2D eigenvalue weighted by molar-refractivity contribution is 0.629. The second kappa shape index (κ2) is 6.30. The summed E-state index contributed by atoms with van der Waals surface area (Å²) < 4.78 is 1.84. The maximum atomic E-state index is 6.04. The minimum absolute atomic E-state index is 0.168. The molecule has 3 nitrogen and oxygen atoms in total. The van der Waals surface area contributed by atoms with E-state index in [2.05, 4.69) is 32.1 Å². The molecule has 92 valence electrons. The third kappa shape index (κ3) is 4.18. The average Bonchev–Trinajstić information content (AvgIpc) is 2.58. The van der Waals surface area contributed by atoms with E-state index < -0.39 is 0 Å². The average molecular weight is 241 g/mol. The van der Waals surface area contributed by atoms with Gasteiger partial charge in [-0.1, -0.05) is 13.8 Å². The van der Waals surface area contributed by atoms with E-state index in [1.54, 1.807) is 0 Å². The topological polar surface area (TPSA) is 43.8 Å². The van der Waals surface area contributed by atoms with Crippen LogP contribution in [0.5, 0.6) is 0 Å². The fourth-order valence-electron chi connectivity index (χ4n) is 1.57. The lowest BCUT2D eigenvalue weighted by Crippen LogP contribution is -2.22. The zero-order valence-electron chi connectivity index (χ0n) is 10.7. The van der Waals surface area contributed by atoms with Crippen LogP contribution in [0, 0.1) is 5.92 Å². The summed E-state index contributed by atoms with van der Waals surface area (Å²) >= 11 is 1.95. The molecular weight excluding hydrogens is 218 g/mol. The van der Waals surface area contributed by atoms with Gasteiger partial charge in [0.25, 0.3) is 0 Å². The van der Waals surface area contributed by atoms with Crippen LogP contribution in [-0.4, -0.2) is 21.6 Å². The Morgan fingerprint density at radius 1 is 1.44 bits per heavy atom. The van der Waals surface area contributed by atoms with Gasteiger partial charge in [-0.25, -0.2) is 0 Å². The van der Waals surface area contributed by atoms with Crippen molar-refractivity contribution in [2.45, 2.75) is 38.5 Å². The zero-order chi connectivity index (χ0) is 12.1. The first-order valence-corrected chi connectivity index (χ1v) is 6.91. The highest BCUT2D eigenvalue weighted by Crippen LogP contribution is 2.31. The van der Waals surface area contributed by atoms with Gasteiger partial charge in [0.05, 0.1) is 6.20 Å². The predicted molar refractivity (Wildman–Crippen MR) is 71.5 cm³/mol. The molecule has 0 aliphatic rings. The van der Waals surface area contributed by atoms with E-state index in [0.29, 0.717) is 5.25 Å². The zero-order valence-corrected chi connectivity index (χ0v) is 11.5. The minimum atomic E-state index is 0.168. The standard InChI is InChI=1S/C12H23N3S/c1-9(2)5-6-16-12(10(3)13)11-7-14-15(4)8-11/h7-10,12H,5-6,13H2,1-4H3. The normalized spacial score (nSPS) is 15.4. The van der Waals surface area contributed by atoms with Gasteiger partial charge in [-0.05, 0) is 25.0 Å². The van der Waals surface area contributed by atoms with Crippen molar-refractivity contribution in [1.29, 1.82) is 0 Å². The Labute approximate surface area is 103 Å². The van der Waals surface area contributed by atoms with Crippen molar-refractivity contribution in [2.75, 3.05) is 5.75 Å². The molecule has 1 heterocycles. The van der Waals surface area contributed by atoms with Crippen molar-refractivity contribution in [3.63, 3.8) is 0 Å². The van der Waals surface area contributed by atoms with E-state index in [4.69, 9.17) is 5.73 Å². The van der Waals surface area contributed by atoms with E-state index >= 15 is 0 Å². The molecule has 0 aromatic carbocycles. The van der Waals surface area contributed by atoms with Gasteiger partial charge >= 0.3 is 0 Å². The third-order valence-corrected chi connectivity index (χ3v) is 4.06. The Balaban J connectivity index is 2.55. The maximum absolute atomic E-state index is 6.04. The Morgan fingerprint density at radius 2 is 2.12 bits per heavy atom. The molecule has 2 atom stereocenters. The van der Waals surface area contributed by atoms with Crippen LogP contribution in [0.1, 0.15) is 38.0 Å². The fourth-order valence-corrected chi connectivity index (χ4v) is 3.05. The van der Waals surface area contributed by atoms with Crippen molar-refractivity contribution in [1.82, 2.24) is 9.78 Å². The number of hydrogen-bond donors (Lipinski definition) is 1. The van der Waals surface area contributed by atoms with Crippen LogP contribution >= 0.6 is 11.8 Å². The molecule has 0 aliphatic carbocycles. The Kier molecular flexibility index (Phi) is 5.35. The van der Waals surface area contributed by atoms with Gasteiger partial charge in [-0.2, -0.15) is 16.9 Å². The number of aromatic nitrogens is 2. The Morgan fingerprint density at radius 3 is 2.56 bits per heavy atom. The van der Waals surface area contributed by atoms with Gasteiger partial charge in [-0.15, -0.1) is 0 Å². The number of hydrogen-bond acceptors (Lipinski definition) is 3. The number of nitrogens with two attached hydrogens (primary N) is 1. The second-order valence-electron chi connectivity index (χ2n) is 4.78. The van der Waals surface area contributed by atoms with Crippen molar-refractivity contribution < 1.29 is 0 Å². The smallest absolute Gasteiger partial charge is 0.0533 e. The van der Waals surface area contributed by atoms with Crippen molar-refractivity contribution >= 4 is 11.8 Å². The van der Waals surface area contributed by atoms with E-state index in [1.165, 1.54) is 17.7 Å². The van der Waals surface area contributed by atoms with Crippen LogP contribution in [0.2, 0.25) is 0 Å². The molecule has 0 saturated heterocycles. The largest absolute Gasteiger partial charge is 0.327 e. The van der Waals surface area contributed by atoms with Crippen LogP contribution in [0.3, 0.4) is 0 Å². The van der Waals surface area contributed by atoms with Gasteiger partial charge < -0.3 is 5.73 Å². The molecule has 0 fully saturated rings. The van der Waals surface area contributed by atoms with Gasteiger partial charge in [-0.3, -0.25) is 4.68 Å². The maximum Gasteiger partial charge on any atom is 0.0533 e. The number of thioether (sulfide) groups is 1. The number of nitrogens with zero attached hydrogens (tertiary/aromatic N) is 2. The van der Waals surface area contributed by atoms with E-state index in [-0.39, 0.29) is 6.04 Å². The van der Waals surface area contributed by atoms with E-state index in [0.717, 1.165) is 5.92 Å². The molecule has 16 heavy (non-hydrogen) atoms. The molecule has 1 aromatic rings. The van der Waals surface area contributed by atoms with Crippen molar-refractivity contribution in [3.05, 3.63) is 18.0 Å². The molecule has 0 amide bonds. The van der Waals surface area contributed by atoms with Gasteiger partial charge in [0.1, 0.15) is 0 Å². The first kappa shape index (κ1) is 13.6. The molecule has 4 heteroatoms. The highest BCUT2D eigenvalue weighted by Gasteiger charge is 2.18. The first-order chi connectivity index (χ1) is 7.50. The summed E-state index contributed by atoms with van der Waals surface area (Å²) in [6, 6.07) is 0.168. The molecule has 0 radical (unpaired) electrons. The minimum Gasteiger partial charge on any atom is -0.327 e. The van der Waals surface area contributed by atoms with Crippen LogP contribution in [0.15, 0.2) is 12.4 Å². The fraction of sp³-hybridized carbons (Fsp3) is 0.750. The van der Waals surface area contributed by atoms with Crippen molar-refractivity contribution in [2.24, 2.45) is 18.7 Å². The van der Waals surface area contributed by atoms with E-state index in [9.17, 15) is 0 Å². The first-order valence-electron chi connectivity index (χ1n) is 5.86. The molecule has 0 aliphatic heterocycles. The van der Waals surface area contributed by atoms with Gasteiger partial charge in [0, 0.05) is 30.1 Å². The molecule has 2 unspecified atom stereocenters. The summed E-state index contributed by atoms with van der Waals surface area (Å²) in [5, 5.41) is 4.58. The molecule has 2 N–H and O–H groups in total. The molecule has 1 rings (SSSR count). The molecule has 0 bridgehead atoms. The lowest BCUT2D eigenvalue weighted by atomic mass is 10.1. The summed E-state index contributed by atoms with van der Waals surface area (Å²) in [6.07, 6.45) is 5.24. The quantitative estimate of drug-likeness (QED) is 0.832. The number of rotatable bonds is 6. The summed E-state index contributed by atoms with van der Waals surface area (Å²) in [5.41, 5.74) is 7.28. The lowest BCUT2D eigenvalue weighted by Gasteiger charge is -2.19. The summed E-state index contributed by atoms with van der Waals surface area (Å²) in [6.45, 7) is 6.58. The molecule has 0 saturated carbocycles. The summed E-state index contributed by atoms with van der Waals surface area (Å²) in [5.74, 6) is 1.92. The van der Waals surface area contributed by atoms with Crippen LogP contribution in [0.25, 0.3) is 0 Å². The highest BCUT2D eigenvalue weighted by atomic mass is 32.2. The van der Waals surface area contributed by atoms with E-state index in [1.807, 2.05) is 29.7 Å².